The highest BCUT2D eigenvalue weighted by Crippen LogP contribution is 2.35. The minimum atomic E-state index is -1.31. The Morgan fingerprint density at radius 3 is 1.74 bits per heavy atom. The number of rotatable bonds is 12. The number of amides is 1. The minimum Gasteiger partial charge on any atom is -0.481 e. The van der Waals surface area contributed by atoms with E-state index in [9.17, 15) is 44.8 Å². The maximum Gasteiger partial charge on any atom is 0.314 e. The van der Waals surface area contributed by atoms with Crippen molar-refractivity contribution >= 4 is 17.8 Å². The molecule has 4 N–H and O–H groups in total. The molecule has 43 heavy (non-hydrogen) atoms. The van der Waals surface area contributed by atoms with Crippen LogP contribution in [-0.4, -0.2) is 80.9 Å². The van der Waals surface area contributed by atoms with Crippen molar-refractivity contribution in [2.24, 2.45) is 23.7 Å². The Labute approximate surface area is 249 Å². The molecule has 4 aliphatic carbocycles. The SMILES string of the molecule is O=C(NC1CCC(OC2CCC(NOCC3CCCC([N+](=O)[O-])C3C(=O)O)CC2)CC1)C1CCCC([N+](=O)[O-])C1C(=O)O. The van der Waals surface area contributed by atoms with Gasteiger partial charge in [0.2, 0.25) is 18.0 Å². The van der Waals surface area contributed by atoms with E-state index in [2.05, 4.69) is 10.8 Å². The first-order chi connectivity index (χ1) is 20.5. The fraction of sp³-hybridized carbons (Fsp3) is 0.893. The first-order valence-corrected chi connectivity index (χ1v) is 15.6. The van der Waals surface area contributed by atoms with Gasteiger partial charge in [-0.3, -0.25) is 34.6 Å². The maximum atomic E-state index is 12.9. The number of carbonyl (C=O) groups is 3. The fourth-order valence-electron chi connectivity index (χ4n) is 7.61. The van der Waals surface area contributed by atoms with Crippen LogP contribution in [0.1, 0.15) is 89.9 Å². The Morgan fingerprint density at radius 2 is 1.21 bits per heavy atom. The molecule has 0 radical (unpaired) electrons. The van der Waals surface area contributed by atoms with Crippen molar-refractivity contribution in [1.82, 2.24) is 10.8 Å². The van der Waals surface area contributed by atoms with Crippen molar-refractivity contribution in [3.8, 4) is 0 Å². The molecule has 4 saturated carbocycles. The van der Waals surface area contributed by atoms with Crippen molar-refractivity contribution in [1.29, 1.82) is 0 Å². The van der Waals surface area contributed by atoms with Crippen LogP contribution in [0.2, 0.25) is 0 Å². The molecule has 0 bridgehead atoms. The van der Waals surface area contributed by atoms with Gasteiger partial charge in [0.1, 0.15) is 11.8 Å². The van der Waals surface area contributed by atoms with Gasteiger partial charge < -0.3 is 25.1 Å². The number of carboxylic acids is 2. The van der Waals surface area contributed by atoms with Gasteiger partial charge in [0, 0.05) is 40.7 Å². The monoisotopic (exact) mass is 612 g/mol. The van der Waals surface area contributed by atoms with E-state index in [4.69, 9.17) is 9.57 Å². The molecule has 0 aliphatic heterocycles. The third-order valence-electron chi connectivity index (χ3n) is 9.94. The van der Waals surface area contributed by atoms with Crippen molar-refractivity contribution in [2.45, 2.75) is 126 Å². The molecule has 242 valence electrons. The van der Waals surface area contributed by atoms with Crippen LogP contribution >= 0.6 is 0 Å². The first-order valence-electron chi connectivity index (χ1n) is 15.6. The summed E-state index contributed by atoms with van der Waals surface area (Å²) in [5, 5.41) is 44.8. The number of aliphatic carboxylic acids is 2. The number of hydroxylamine groups is 1. The zero-order valence-electron chi connectivity index (χ0n) is 24.3. The quantitative estimate of drug-likeness (QED) is 0.184. The summed E-state index contributed by atoms with van der Waals surface area (Å²) in [4.78, 5) is 63.7. The second kappa shape index (κ2) is 15.2. The first kappa shape index (κ1) is 33.0. The van der Waals surface area contributed by atoms with E-state index in [1.807, 2.05) is 0 Å². The number of ether oxygens (including phenoxy) is 1. The molecule has 1 amide bonds. The van der Waals surface area contributed by atoms with Gasteiger partial charge in [-0.25, -0.2) is 0 Å². The van der Waals surface area contributed by atoms with Gasteiger partial charge in [0.15, 0.2) is 0 Å². The van der Waals surface area contributed by atoms with Crippen molar-refractivity contribution in [3.05, 3.63) is 20.2 Å². The molecule has 15 heteroatoms. The third kappa shape index (κ3) is 8.60. The van der Waals surface area contributed by atoms with Crippen LogP contribution in [0, 0.1) is 43.9 Å². The van der Waals surface area contributed by atoms with Gasteiger partial charge >= 0.3 is 11.9 Å². The Hall–Kier alpha value is -2.91. The van der Waals surface area contributed by atoms with Gasteiger partial charge in [-0.2, -0.15) is 5.48 Å². The molecule has 4 rings (SSSR count). The lowest BCUT2D eigenvalue weighted by Crippen LogP contribution is -2.50. The van der Waals surface area contributed by atoms with E-state index >= 15 is 0 Å². The topological polar surface area (TPSA) is 220 Å². The molecule has 0 heterocycles. The van der Waals surface area contributed by atoms with Crippen molar-refractivity contribution in [2.75, 3.05) is 6.61 Å². The molecule has 6 unspecified atom stereocenters. The summed E-state index contributed by atoms with van der Waals surface area (Å²) in [7, 11) is 0. The fourth-order valence-corrected chi connectivity index (χ4v) is 7.61. The number of nitro groups is 2. The highest BCUT2D eigenvalue weighted by Gasteiger charge is 2.49. The minimum absolute atomic E-state index is 0.0630. The van der Waals surface area contributed by atoms with Gasteiger partial charge in [-0.1, -0.05) is 0 Å². The lowest BCUT2D eigenvalue weighted by Gasteiger charge is -2.36. The number of hydrogen-bond donors (Lipinski definition) is 4. The molecular weight excluding hydrogens is 568 g/mol. The molecule has 15 nitrogen and oxygen atoms in total. The molecule has 0 aromatic carbocycles. The molecule has 0 spiro atoms. The predicted octanol–water partition coefficient (Wildman–Crippen LogP) is 2.56. The van der Waals surface area contributed by atoms with Crippen molar-refractivity contribution in [3.63, 3.8) is 0 Å². The summed E-state index contributed by atoms with van der Waals surface area (Å²) in [6.45, 7) is 0.117. The second-order valence-corrected chi connectivity index (χ2v) is 12.7. The van der Waals surface area contributed by atoms with Gasteiger partial charge in [-0.05, 0) is 77.0 Å². The standard InChI is InChI=1S/C28H44N4O11/c33-26(21-4-2-6-23(32(40)41)25(21)28(36)37)29-17-7-11-19(12-8-17)43-20-13-9-18(10-14-20)30-42-15-16-3-1-5-22(31(38)39)24(16)27(34)35/h16-25,30H,1-15H2,(H,29,33)(H,34,35)(H,36,37). The van der Waals surface area contributed by atoms with Crippen LogP contribution in [0.25, 0.3) is 0 Å². The summed E-state index contributed by atoms with van der Waals surface area (Å²) in [5.41, 5.74) is 3.03. The van der Waals surface area contributed by atoms with E-state index in [0.717, 1.165) is 38.5 Å². The maximum absolute atomic E-state index is 12.9. The number of nitrogens with zero attached hydrogens (tertiary/aromatic N) is 2. The molecule has 0 aromatic rings. The Kier molecular flexibility index (Phi) is 11.7. The molecular formula is C28H44N4O11. The van der Waals surface area contributed by atoms with E-state index in [1.54, 1.807) is 0 Å². The summed E-state index contributed by atoms with van der Waals surface area (Å²) in [6, 6.07) is -2.34. The van der Waals surface area contributed by atoms with E-state index < -0.39 is 63.4 Å². The van der Waals surface area contributed by atoms with E-state index in [0.29, 0.717) is 38.5 Å². The average Bonchev–Trinajstić information content (AvgIpc) is 2.98. The normalized spacial score (nSPS) is 36.7. The smallest absolute Gasteiger partial charge is 0.314 e. The Morgan fingerprint density at radius 1 is 0.698 bits per heavy atom. The lowest BCUT2D eigenvalue weighted by atomic mass is 9.75. The van der Waals surface area contributed by atoms with Gasteiger partial charge in [0.05, 0.1) is 24.7 Å². The van der Waals surface area contributed by atoms with Crippen LogP contribution in [-0.2, 0) is 24.0 Å². The lowest BCUT2D eigenvalue weighted by molar-refractivity contribution is -0.535. The zero-order valence-corrected chi connectivity index (χ0v) is 24.3. The van der Waals surface area contributed by atoms with Crippen LogP contribution in [0.5, 0.6) is 0 Å². The number of carbonyl (C=O) groups excluding carboxylic acids is 1. The van der Waals surface area contributed by atoms with E-state index in [-0.39, 0.29) is 43.7 Å². The largest absolute Gasteiger partial charge is 0.481 e. The molecule has 0 saturated heterocycles. The highest BCUT2D eigenvalue weighted by molar-refractivity contribution is 5.85. The number of nitrogens with one attached hydrogen (secondary N) is 2. The molecule has 4 fully saturated rings. The van der Waals surface area contributed by atoms with Gasteiger partial charge in [0.25, 0.3) is 0 Å². The Balaban J connectivity index is 1.13. The van der Waals surface area contributed by atoms with Crippen molar-refractivity contribution < 1.29 is 44.0 Å². The Bertz CT molecular complexity index is 1010. The number of hydrogen-bond acceptors (Lipinski definition) is 10. The molecule has 4 aliphatic rings. The third-order valence-corrected chi connectivity index (χ3v) is 9.94. The molecule has 6 atom stereocenters. The second-order valence-electron chi connectivity index (χ2n) is 12.7. The van der Waals surface area contributed by atoms with Crippen LogP contribution in [0.15, 0.2) is 0 Å². The molecule has 0 aromatic heterocycles. The van der Waals surface area contributed by atoms with E-state index in [1.165, 1.54) is 0 Å². The highest BCUT2D eigenvalue weighted by atomic mass is 16.6. The van der Waals surface area contributed by atoms with Crippen LogP contribution in [0.3, 0.4) is 0 Å². The van der Waals surface area contributed by atoms with Crippen LogP contribution in [0.4, 0.5) is 0 Å². The zero-order chi connectivity index (χ0) is 31.1. The van der Waals surface area contributed by atoms with Crippen LogP contribution < -0.4 is 10.8 Å². The summed E-state index contributed by atoms with van der Waals surface area (Å²) >= 11 is 0. The number of carboxylic acid groups (broad SMARTS) is 2. The predicted molar refractivity (Wildman–Crippen MR) is 149 cm³/mol. The summed E-state index contributed by atoms with van der Waals surface area (Å²) in [5.74, 6) is -6.52. The van der Waals surface area contributed by atoms with Gasteiger partial charge in [-0.15, -0.1) is 0 Å². The average molecular weight is 613 g/mol. The summed E-state index contributed by atoms with van der Waals surface area (Å²) in [6.07, 6.45) is 8.78. The summed E-state index contributed by atoms with van der Waals surface area (Å²) < 4.78 is 6.35.